The van der Waals surface area contributed by atoms with Gasteiger partial charge in [0.2, 0.25) is 0 Å². The molecule has 0 amide bonds. The molecule has 0 aliphatic rings. The van der Waals surface area contributed by atoms with Crippen LogP contribution in [0.2, 0.25) is 0 Å². The number of benzene rings is 3. The van der Waals surface area contributed by atoms with E-state index in [0.29, 0.717) is 0 Å². The molecule has 0 aliphatic heterocycles. The van der Waals surface area contributed by atoms with Gasteiger partial charge >= 0.3 is 73.3 Å². The monoisotopic (exact) mass is 579 g/mol. The van der Waals surface area contributed by atoms with Crippen LogP contribution >= 0.6 is 7.92 Å². The maximum atomic E-state index is 7.75. The third-order valence-electron chi connectivity index (χ3n) is 3.19. The van der Waals surface area contributed by atoms with E-state index in [1.165, 1.54) is 15.9 Å². The number of rotatable bonds is 3. The maximum Gasteiger partial charge on any atom is 2.00 e. The molecule has 0 aromatic heterocycles. The summed E-state index contributed by atoms with van der Waals surface area (Å²) in [7, 11) is -0.877. The Hall–Kier alpha value is -2.86. The van der Waals surface area contributed by atoms with E-state index in [2.05, 4.69) is 138 Å². The van der Waals surface area contributed by atoms with Gasteiger partial charge in [0.05, 0.1) is 7.92 Å². The van der Waals surface area contributed by atoms with E-state index in [9.17, 15) is 0 Å². The summed E-state index contributed by atoms with van der Waals surface area (Å²) >= 11 is 0. The molecule has 0 unspecified atom stereocenters. The first kappa shape index (κ1) is 49.3. The number of carbonyl (C=O) groups excluding carboxylic acids is 2. The van der Waals surface area contributed by atoms with Crippen molar-refractivity contribution in [2.45, 2.75) is 0 Å². The number of hydrogen-bond donors (Lipinski definition) is 0. The Bertz CT molecular complexity index is 755. The molecule has 0 heterocycles. The van der Waals surface area contributed by atoms with Crippen molar-refractivity contribution in [3.8, 4) is 0 Å². The summed E-state index contributed by atoms with van der Waals surface area (Å²) in [5.74, 6) is 0. The van der Waals surface area contributed by atoms with Crippen LogP contribution in [0.1, 0.15) is 0 Å². The van der Waals surface area contributed by atoms with E-state index in [1.807, 2.05) is 0 Å². The summed E-state index contributed by atoms with van der Waals surface area (Å²) in [6, 6.07) is 32.5. The topological polar surface area (TPSA) is 134 Å². The Kier molecular flexibility index (Phi) is 68.4. The van der Waals surface area contributed by atoms with Gasteiger partial charge in [0, 0.05) is 16.8 Å². The van der Waals surface area contributed by atoms with Crippen molar-refractivity contribution in [2.24, 2.45) is 0 Å². The zero-order valence-electron chi connectivity index (χ0n) is 17.8. The Balaban J connectivity index is -0.0000000854. The molecule has 3 aromatic carbocycles. The molecule has 0 bridgehead atoms. The van der Waals surface area contributed by atoms with Gasteiger partial charge in [-0.15, -0.1) is 0 Å². The van der Waals surface area contributed by atoms with Crippen molar-refractivity contribution in [1.82, 2.24) is 0 Å². The SMILES string of the molecule is [C-]#[O+].[C-]#[O+].[C-]#[O+].[C-]#[O+].[C-]#[O+].[CH-]=O.[CH-]=O.[Co+2].[Co].c1ccc([PH+](c2ccccc2)c2ccccc2)cc1. The quantitative estimate of drug-likeness (QED) is 0.204. The van der Waals surface area contributed by atoms with Crippen LogP contribution < -0.4 is 15.9 Å². The maximum absolute atomic E-state index is 7.75. The van der Waals surface area contributed by atoms with Gasteiger partial charge in [-0.3, -0.25) is 13.6 Å². The molecule has 0 saturated heterocycles. The molecule has 0 fully saturated rings. The Morgan fingerprint density at radius 1 is 0.429 bits per heavy atom. The average molecular weight is 579 g/mol. The van der Waals surface area contributed by atoms with Gasteiger partial charge < -0.3 is 9.59 Å². The van der Waals surface area contributed by atoms with Crippen LogP contribution in [0.25, 0.3) is 0 Å². The van der Waals surface area contributed by atoms with Gasteiger partial charge in [0.1, 0.15) is 15.9 Å². The standard InChI is InChI=1S/C18H15P.2CHO.5CO.2Co/c1-4-10-16(11-5-1)19(17-12-6-2-7-13-17)18-14-8-3-9-15-18;7*1-2;;/h1-15H;2*1H;;;;;;;/q;2*-1;;;;;;;+2/p+1. The Morgan fingerprint density at radius 3 is 0.714 bits per heavy atom. The molecule has 10 heteroatoms. The van der Waals surface area contributed by atoms with Crippen LogP contribution in [0.15, 0.2) is 91.0 Å². The molecule has 3 rings (SSSR count). The second kappa shape index (κ2) is 48.5. The Labute approximate surface area is 227 Å². The van der Waals surface area contributed by atoms with E-state index >= 15 is 0 Å². The van der Waals surface area contributed by atoms with E-state index < -0.39 is 7.92 Å². The van der Waals surface area contributed by atoms with E-state index in [0.717, 1.165) is 0 Å². The van der Waals surface area contributed by atoms with Crippen molar-refractivity contribution in [3.05, 3.63) is 124 Å². The normalized spacial score (nSPS) is 6.26. The fourth-order valence-corrected chi connectivity index (χ4v) is 4.89. The smallest absolute Gasteiger partial charge is 0.545 e. The van der Waals surface area contributed by atoms with Gasteiger partial charge in [-0.05, 0) is 36.4 Å². The molecule has 0 spiro atoms. The minimum Gasteiger partial charge on any atom is -0.545 e. The second-order valence-corrected chi connectivity index (χ2v) is 6.96. The second-order valence-electron chi connectivity index (χ2n) is 4.47. The van der Waals surface area contributed by atoms with Crippen LogP contribution in [0.4, 0.5) is 0 Å². The molecule has 3 aromatic rings. The zero-order chi connectivity index (χ0) is 26.9. The minimum absolute atomic E-state index is 0. The van der Waals surface area contributed by atoms with Crippen molar-refractivity contribution in [1.29, 1.82) is 0 Å². The van der Waals surface area contributed by atoms with Crippen LogP contribution in [-0.2, 0) is 66.4 Å². The first-order chi connectivity index (χ1) is 16.4. The van der Waals surface area contributed by atoms with Crippen LogP contribution in [0.5, 0.6) is 0 Å². The molecule has 0 aliphatic carbocycles. The summed E-state index contributed by atoms with van der Waals surface area (Å²) in [4.78, 5) is 15.5. The first-order valence-corrected chi connectivity index (χ1v) is 9.47. The van der Waals surface area contributed by atoms with Gasteiger partial charge in [-0.2, -0.15) is 0 Å². The van der Waals surface area contributed by atoms with Crippen LogP contribution in [0.3, 0.4) is 0 Å². The van der Waals surface area contributed by atoms with E-state index in [4.69, 9.17) is 32.8 Å². The molecule has 0 N–H and O–H groups in total. The van der Waals surface area contributed by atoms with Crippen LogP contribution in [-0.4, -0.2) is 13.6 Å². The molecule has 35 heavy (non-hydrogen) atoms. The summed E-state index contributed by atoms with van der Waals surface area (Å²) in [6.07, 6.45) is 0. The summed E-state index contributed by atoms with van der Waals surface area (Å²) in [6.45, 7) is 29.0. The van der Waals surface area contributed by atoms with Crippen molar-refractivity contribution < 1.29 is 66.4 Å². The van der Waals surface area contributed by atoms with Crippen molar-refractivity contribution >= 4 is 37.4 Å². The average Bonchev–Trinajstić information content (AvgIpc) is 2.98. The van der Waals surface area contributed by atoms with Crippen molar-refractivity contribution in [3.63, 3.8) is 0 Å². The first-order valence-electron chi connectivity index (χ1n) is 7.97. The van der Waals surface area contributed by atoms with Crippen LogP contribution in [0, 0.1) is 33.3 Å². The number of hydrogen-bond acceptors (Lipinski definition) is 2. The summed E-state index contributed by atoms with van der Waals surface area (Å²) in [5.41, 5.74) is 0. The predicted molar refractivity (Wildman–Crippen MR) is 120 cm³/mol. The van der Waals surface area contributed by atoms with Gasteiger partial charge in [0.25, 0.3) is 0 Å². The van der Waals surface area contributed by atoms with Gasteiger partial charge in [-0.25, -0.2) is 0 Å². The summed E-state index contributed by atoms with van der Waals surface area (Å²) < 4.78 is 37.5. The molecule has 7 nitrogen and oxygen atoms in total. The van der Waals surface area contributed by atoms with Crippen molar-refractivity contribution in [2.75, 3.05) is 0 Å². The zero-order valence-corrected chi connectivity index (χ0v) is 20.9. The third kappa shape index (κ3) is 24.1. The van der Waals surface area contributed by atoms with Gasteiger partial charge in [-0.1, -0.05) is 54.6 Å². The van der Waals surface area contributed by atoms with E-state index in [1.54, 1.807) is 0 Å². The Morgan fingerprint density at radius 2 is 0.571 bits per heavy atom. The largest absolute Gasteiger partial charge is 2.00 e. The van der Waals surface area contributed by atoms with Gasteiger partial charge in [0.15, 0.2) is 0 Å². The molecule has 2 radical (unpaired) electrons. The molecular formula is C25H18Co2O7P+. The fourth-order valence-electron chi connectivity index (χ4n) is 2.31. The fraction of sp³-hybridized carbons (Fsp3) is 0. The third-order valence-corrected chi connectivity index (χ3v) is 5.92. The molecule has 0 saturated carbocycles. The predicted octanol–water partition coefficient (Wildman–Crippen LogP) is 2.44. The molecule has 0 atom stereocenters. The summed E-state index contributed by atoms with van der Waals surface area (Å²) in [5, 5.41) is 4.31. The molecule has 182 valence electrons. The minimum atomic E-state index is -0.877. The van der Waals surface area contributed by atoms with E-state index in [-0.39, 0.29) is 33.6 Å². The molecular weight excluding hydrogens is 561 g/mol.